The van der Waals surface area contributed by atoms with Crippen LogP contribution in [0.15, 0.2) is 85.3 Å². The van der Waals surface area contributed by atoms with Crippen molar-refractivity contribution in [3.63, 3.8) is 0 Å². The Labute approximate surface area is 199 Å². The van der Waals surface area contributed by atoms with Gasteiger partial charge in [0.15, 0.2) is 11.5 Å². The summed E-state index contributed by atoms with van der Waals surface area (Å²) in [5.74, 6) is 1.73. The average Bonchev–Trinajstić information content (AvgIpc) is 2.89. The predicted molar refractivity (Wildman–Crippen MR) is 133 cm³/mol. The molecule has 0 aliphatic carbocycles. The first-order valence-corrected chi connectivity index (χ1v) is 11.7. The summed E-state index contributed by atoms with van der Waals surface area (Å²) in [4.78, 5) is 13.3. The number of hydrogen-bond donors (Lipinski definition) is 1. The summed E-state index contributed by atoms with van der Waals surface area (Å²) in [6.07, 6.45) is 7.35. The van der Waals surface area contributed by atoms with Crippen LogP contribution in [0.4, 0.5) is 11.4 Å². The minimum absolute atomic E-state index is 0.231. The number of piperidine rings is 1. The predicted octanol–water partition coefficient (Wildman–Crippen LogP) is 5.76. The number of phenolic OH excluding ortho intramolecular Hbond substituents is 1. The molecule has 2 aromatic heterocycles. The van der Waals surface area contributed by atoms with Gasteiger partial charge in [-0.1, -0.05) is 18.2 Å². The molecule has 2 aliphatic rings. The largest absolute Gasteiger partial charge is 0.506 e. The van der Waals surface area contributed by atoms with Gasteiger partial charge in [0.1, 0.15) is 11.4 Å². The van der Waals surface area contributed by atoms with Crippen LogP contribution in [-0.4, -0.2) is 39.1 Å². The Bertz CT molecular complexity index is 1290. The van der Waals surface area contributed by atoms with Crippen LogP contribution < -0.4 is 9.64 Å². The van der Waals surface area contributed by atoms with Gasteiger partial charge in [-0.15, -0.1) is 0 Å². The van der Waals surface area contributed by atoms with Gasteiger partial charge < -0.3 is 14.7 Å². The summed E-state index contributed by atoms with van der Waals surface area (Å²) in [5.41, 5.74) is 4.75. The van der Waals surface area contributed by atoms with Gasteiger partial charge in [-0.25, -0.2) is 0 Å². The number of hydrogen-bond acceptors (Lipinski definition) is 6. The van der Waals surface area contributed by atoms with E-state index in [-0.39, 0.29) is 11.8 Å². The molecule has 1 saturated heterocycles. The van der Waals surface area contributed by atoms with E-state index in [9.17, 15) is 5.11 Å². The van der Waals surface area contributed by atoms with Crippen LogP contribution in [0.25, 0.3) is 11.1 Å². The van der Waals surface area contributed by atoms with Crippen LogP contribution in [0.3, 0.4) is 0 Å². The van der Waals surface area contributed by atoms with Crippen LogP contribution in [0, 0.1) is 0 Å². The third kappa shape index (κ3) is 3.86. The maximum atomic E-state index is 11.2. The number of nitrogens with zero attached hydrogens (tertiary/aromatic N) is 4. The van der Waals surface area contributed by atoms with Crippen LogP contribution >= 0.6 is 0 Å². The third-order valence-electron chi connectivity index (χ3n) is 6.69. The molecular formula is C28H26N4O2. The zero-order chi connectivity index (χ0) is 22.9. The summed E-state index contributed by atoms with van der Waals surface area (Å²) in [6.45, 7) is 2.82. The maximum Gasteiger partial charge on any atom is 0.155 e. The number of likely N-dealkylation sites (tertiary alicyclic amines) is 1. The lowest BCUT2D eigenvalue weighted by Crippen LogP contribution is -2.43. The molecule has 34 heavy (non-hydrogen) atoms. The molecular weight excluding hydrogens is 424 g/mol. The summed E-state index contributed by atoms with van der Waals surface area (Å²) in [7, 11) is 0. The average molecular weight is 451 g/mol. The van der Waals surface area contributed by atoms with Crippen molar-refractivity contribution in [3.8, 4) is 28.4 Å². The van der Waals surface area contributed by atoms with E-state index in [1.807, 2.05) is 60.8 Å². The molecule has 0 amide bonds. The van der Waals surface area contributed by atoms with Crippen LogP contribution in [0.2, 0.25) is 0 Å². The van der Waals surface area contributed by atoms with Crippen molar-refractivity contribution in [2.45, 2.75) is 25.4 Å². The van der Waals surface area contributed by atoms with E-state index in [0.717, 1.165) is 66.4 Å². The lowest BCUT2D eigenvalue weighted by molar-refractivity contribution is 0.202. The Morgan fingerprint density at radius 2 is 1.65 bits per heavy atom. The summed E-state index contributed by atoms with van der Waals surface area (Å²) in [6, 6.07) is 22.2. The molecule has 0 atom stereocenters. The SMILES string of the molecule is Oc1cc(-c2ccncc2)cc2c1N(C1CCN(Cc3ccccn3)CC1)c1ccccc1O2. The monoisotopic (exact) mass is 450 g/mol. The van der Waals surface area contributed by atoms with E-state index < -0.39 is 0 Å². The van der Waals surface area contributed by atoms with Gasteiger partial charge in [0, 0.05) is 44.3 Å². The fourth-order valence-electron chi connectivity index (χ4n) is 5.04. The third-order valence-corrected chi connectivity index (χ3v) is 6.69. The number of para-hydroxylation sites is 2. The van der Waals surface area contributed by atoms with E-state index in [4.69, 9.17) is 4.74 Å². The molecule has 0 unspecified atom stereocenters. The molecule has 6 heteroatoms. The highest BCUT2D eigenvalue weighted by molar-refractivity contribution is 5.85. The van der Waals surface area contributed by atoms with Crippen molar-refractivity contribution in [1.82, 2.24) is 14.9 Å². The van der Waals surface area contributed by atoms with Crippen molar-refractivity contribution in [1.29, 1.82) is 0 Å². The topological polar surface area (TPSA) is 61.7 Å². The maximum absolute atomic E-state index is 11.2. The minimum Gasteiger partial charge on any atom is -0.506 e. The normalized spacial score (nSPS) is 15.9. The quantitative estimate of drug-likeness (QED) is 0.427. The van der Waals surface area contributed by atoms with Crippen molar-refractivity contribution in [2.24, 2.45) is 0 Å². The zero-order valence-electron chi connectivity index (χ0n) is 18.8. The van der Waals surface area contributed by atoms with E-state index in [0.29, 0.717) is 5.75 Å². The molecule has 4 aromatic rings. The van der Waals surface area contributed by atoms with Crippen molar-refractivity contribution >= 4 is 11.4 Å². The molecule has 1 N–H and O–H groups in total. The summed E-state index contributed by atoms with van der Waals surface area (Å²) in [5, 5.41) is 11.2. The molecule has 6 nitrogen and oxygen atoms in total. The van der Waals surface area contributed by atoms with Gasteiger partial charge in [0.25, 0.3) is 0 Å². The number of aromatic nitrogens is 2. The molecule has 2 aliphatic heterocycles. The second kappa shape index (κ2) is 8.80. The molecule has 0 spiro atoms. The van der Waals surface area contributed by atoms with Gasteiger partial charge in [-0.2, -0.15) is 0 Å². The Balaban J connectivity index is 1.31. The minimum atomic E-state index is 0.231. The zero-order valence-corrected chi connectivity index (χ0v) is 18.8. The number of pyridine rings is 2. The molecule has 1 fully saturated rings. The van der Waals surface area contributed by atoms with E-state index in [1.54, 1.807) is 12.4 Å². The number of ether oxygens (including phenoxy) is 1. The highest BCUT2D eigenvalue weighted by Gasteiger charge is 2.34. The highest BCUT2D eigenvalue weighted by atomic mass is 16.5. The summed E-state index contributed by atoms with van der Waals surface area (Å²) >= 11 is 0. The van der Waals surface area contributed by atoms with Crippen LogP contribution in [-0.2, 0) is 6.54 Å². The Hall–Kier alpha value is -3.90. The Kier molecular flexibility index (Phi) is 5.35. The first-order chi connectivity index (χ1) is 16.8. The van der Waals surface area contributed by atoms with Crippen LogP contribution in [0.5, 0.6) is 17.2 Å². The molecule has 170 valence electrons. The standard InChI is InChI=1S/C28H26N4O2/c33-25-17-21(20-8-13-29-14-9-20)18-27-28(25)32(24-6-1-2-7-26(24)34-27)23-10-15-31(16-11-23)19-22-5-3-4-12-30-22/h1-9,12-14,17-18,23,33H,10-11,15-16,19H2. The lowest BCUT2D eigenvalue weighted by Gasteiger charge is -2.42. The molecule has 6 rings (SSSR count). The molecule has 0 bridgehead atoms. The number of rotatable bonds is 4. The number of phenols is 1. The smallest absolute Gasteiger partial charge is 0.155 e. The first-order valence-electron chi connectivity index (χ1n) is 11.7. The van der Waals surface area contributed by atoms with E-state index in [1.165, 1.54) is 0 Å². The number of fused-ring (bicyclic) bond motifs is 2. The van der Waals surface area contributed by atoms with Crippen LogP contribution in [0.1, 0.15) is 18.5 Å². The summed E-state index contributed by atoms with van der Waals surface area (Å²) < 4.78 is 6.31. The molecule has 0 saturated carbocycles. The van der Waals surface area contributed by atoms with Crippen molar-refractivity contribution in [3.05, 3.63) is 91.0 Å². The second-order valence-electron chi connectivity index (χ2n) is 8.85. The number of aromatic hydroxyl groups is 1. The molecule has 0 radical (unpaired) electrons. The van der Waals surface area contributed by atoms with Crippen molar-refractivity contribution < 1.29 is 9.84 Å². The Morgan fingerprint density at radius 3 is 2.44 bits per heavy atom. The fraction of sp³-hybridized carbons (Fsp3) is 0.214. The molecule has 4 heterocycles. The second-order valence-corrected chi connectivity index (χ2v) is 8.85. The Morgan fingerprint density at radius 1 is 0.853 bits per heavy atom. The van der Waals surface area contributed by atoms with Gasteiger partial charge in [-0.3, -0.25) is 14.9 Å². The fourth-order valence-corrected chi connectivity index (χ4v) is 5.04. The molecule has 2 aromatic carbocycles. The van der Waals surface area contributed by atoms with Gasteiger partial charge in [-0.05, 0) is 72.5 Å². The van der Waals surface area contributed by atoms with Gasteiger partial charge in [0.05, 0.1) is 11.4 Å². The van der Waals surface area contributed by atoms with E-state index in [2.05, 4.69) is 31.9 Å². The first kappa shape index (κ1) is 20.7. The highest BCUT2D eigenvalue weighted by Crippen LogP contribution is 2.53. The van der Waals surface area contributed by atoms with Crippen molar-refractivity contribution in [2.75, 3.05) is 18.0 Å². The lowest BCUT2D eigenvalue weighted by atomic mass is 9.98. The van der Waals surface area contributed by atoms with E-state index >= 15 is 0 Å². The number of anilines is 2. The van der Waals surface area contributed by atoms with Gasteiger partial charge in [0.2, 0.25) is 0 Å². The van der Waals surface area contributed by atoms with Gasteiger partial charge >= 0.3 is 0 Å². The number of benzene rings is 2.